The molecule has 1 amide bonds. The van der Waals surface area contributed by atoms with Gasteiger partial charge in [-0.1, -0.05) is 11.3 Å². The van der Waals surface area contributed by atoms with E-state index in [-0.39, 0.29) is 6.09 Å². The predicted molar refractivity (Wildman–Crippen MR) is 100 cm³/mol. The van der Waals surface area contributed by atoms with Crippen LogP contribution in [0.3, 0.4) is 0 Å². The lowest BCUT2D eigenvalue weighted by Gasteiger charge is -2.35. The van der Waals surface area contributed by atoms with Gasteiger partial charge in [-0.05, 0) is 45.4 Å². The number of ether oxygens (including phenoxy) is 1. The zero-order chi connectivity index (χ0) is 18.0. The van der Waals surface area contributed by atoms with Gasteiger partial charge in [-0.15, -0.1) is 0 Å². The van der Waals surface area contributed by atoms with Gasteiger partial charge in [-0.25, -0.2) is 9.78 Å². The van der Waals surface area contributed by atoms with E-state index in [1.807, 2.05) is 46.2 Å². The number of anilines is 1. The average Bonchev–Trinajstić information content (AvgIpc) is 3.03. The highest BCUT2D eigenvalue weighted by atomic mass is 32.1. The third-order valence-corrected chi connectivity index (χ3v) is 4.98. The SMILES string of the molecule is Cc1cc(-c2cnc(N3CCN(C(=O)OC(C)(C)C)CC3)s2)ccn1. The molecule has 1 fully saturated rings. The van der Waals surface area contributed by atoms with Gasteiger partial charge in [-0.3, -0.25) is 4.98 Å². The van der Waals surface area contributed by atoms with Gasteiger partial charge in [0, 0.05) is 44.3 Å². The van der Waals surface area contributed by atoms with Crippen molar-refractivity contribution in [3.05, 3.63) is 30.2 Å². The molecule has 0 bridgehead atoms. The minimum Gasteiger partial charge on any atom is -0.444 e. The molecule has 2 aromatic heterocycles. The van der Waals surface area contributed by atoms with Gasteiger partial charge >= 0.3 is 6.09 Å². The van der Waals surface area contributed by atoms with E-state index >= 15 is 0 Å². The molecule has 0 N–H and O–H groups in total. The fourth-order valence-corrected chi connectivity index (χ4v) is 3.61. The first-order valence-corrected chi connectivity index (χ1v) is 9.25. The molecule has 3 rings (SSSR count). The summed E-state index contributed by atoms with van der Waals surface area (Å²) >= 11 is 1.67. The van der Waals surface area contributed by atoms with Crippen LogP contribution in [0.15, 0.2) is 24.5 Å². The highest BCUT2D eigenvalue weighted by Gasteiger charge is 2.26. The molecule has 2 aromatic rings. The Hall–Kier alpha value is -2.15. The summed E-state index contributed by atoms with van der Waals surface area (Å²) in [5, 5.41) is 0.994. The molecule has 1 aliphatic rings. The van der Waals surface area contributed by atoms with Crippen LogP contribution >= 0.6 is 11.3 Å². The van der Waals surface area contributed by atoms with Crippen molar-refractivity contribution >= 4 is 22.6 Å². The zero-order valence-corrected chi connectivity index (χ0v) is 16.0. The number of aryl methyl sites for hydroxylation is 1. The molecule has 6 nitrogen and oxygen atoms in total. The monoisotopic (exact) mass is 360 g/mol. The van der Waals surface area contributed by atoms with Crippen LogP contribution in [0.5, 0.6) is 0 Å². The van der Waals surface area contributed by atoms with Crippen molar-refractivity contribution in [2.24, 2.45) is 0 Å². The predicted octanol–water partition coefficient (Wildman–Crippen LogP) is 3.57. The van der Waals surface area contributed by atoms with E-state index in [9.17, 15) is 4.79 Å². The standard InChI is InChI=1S/C18H24N4O2S/c1-13-11-14(5-6-19-13)15-12-20-16(25-15)21-7-9-22(10-8-21)17(23)24-18(2,3)4/h5-6,11-12H,7-10H2,1-4H3. The van der Waals surface area contributed by atoms with Crippen molar-refractivity contribution in [2.75, 3.05) is 31.1 Å². The molecule has 0 spiro atoms. The lowest BCUT2D eigenvalue weighted by molar-refractivity contribution is 0.0240. The molecule has 7 heteroatoms. The fourth-order valence-electron chi connectivity index (χ4n) is 2.65. The zero-order valence-electron chi connectivity index (χ0n) is 15.2. The quantitative estimate of drug-likeness (QED) is 0.819. The number of pyridine rings is 1. The fraction of sp³-hybridized carbons (Fsp3) is 0.500. The smallest absolute Gasteiger partial charge is 0.410 e. The summed E-state index contributed by atoms with van der Waals surface area (Å²) < 4.78 is 5.44. The summed E-state index contributed by atoms with van der Waals surface area (Å²) in [6.45, 7) is 10.5. The number of carbonyl (C=O) groups is 1. The van der Waals surface area contributed by atoms with Crippen LogP contribution < -0.4 is 4.90 Å². The Bertz CT molecular complexity index is 746. The third kappa shape index (κ3) is 4.48. The summed E-state index contributed by atoms with van der Waals surface area (Å²) in [6, 6.07) is 4.07. The van der Waals surface area contributed by atoms with Crippen LogP contribution in [0.25, 0.3) is 10.4 Å². The number of amides is 1. The van der Waals surface area contributed by atoms with Crippen molar-refractivity contribution in [2.45, 2.75) is 33.3 Å². The van der Waals surface area contributed by atoms with E-state index in [1.165, 1.54) is 0 Å². The summed E-state index contributed by atoms with van der Waals surface area (Å²) in [5.41, 5.74) is 1.68. The Kier molecular flexibility index (Phi) is 4.94. The minimum atomic E-state index is -0.457. The van der Waals surface area contributed by atoms with Gasteiger partial charge in [0.25, 0.3) is 0 Å². The maximum atomic E-state index is 12.1. The third-order valence-electron chi connectivity index (χ3n) is 3.88. The minimum absolute atomic E-state index is 0.237. The van der Waals surface area contributed by atoms with E-state index in [0.717, 1.165) is 34.4 Å². The van der Waals surface area contributed by atoms with Crippen molar-refractivity contribution in [3.8, 4) is 10.4 Å². The lowest BCUT2D eigenvalue weighted by atomic mass is 10.2. The van der Waals surface area contributed by atoms with Gasteiger partial charge in [0.05, 0.1) is 4.88 Å². The maximum absolute atomic E-state index is 12.1. The highest BCUT2D eigenvalue weighted by molar-refractivity contribution is 7.18. The van der Waals surface area contributed by atoms with E-state index in [1.54, 1.807) is 16.2 Å². The number of rotatable bonds is 2. The summed E-state index contributed by atoms with van der Waals surface area (Å²) in [5.74, 6) is 0. The van der Waals surface area contributed by atoms with Crippen LogP contribution in [-0.2, 0) is 4.74 Å². The van der Waals surface area contributed by atoms with Gasteiger partial charge in [0.1, 0.15) is 5.60 Å². The van der Waals surface area contributed by atoms with Crippen LogP contribution in [0.4, 0.5) is 9.93 Å². The van der Waals surface area contributed by atoms with E-state index in [0.29, 0.717) is 13.1 Å². The second-order valence-corrected chi connectivity index (χ2v) is 8.16. The molecule has 25 heavy (non-hydrogen) atoms. The number of hydrogen-bond acceptors (Lipinski definition) is 6. The first-order chi connectivity index (χ1) is 11.8. The van der Waals surface area contributed by atoms with Gasteiger partial charge in [-0.2, -0.15) is 0 Å². The number of nitrogens with zero attached hydrogens (tertiary/aromatic N) is 4. The van der Waals surface area contributed by atoms with Gasteiger partial charge in [0.2, 0.25) is 0 Å². The molecule has 0 unspecified atom stereocenters. The molecule has 0 saturated carbocycles. The Balaban J connectivity index is 1.61. The molecule has 0 aliphatic carbocycles. The Morgan fingerprint density at radius 3 is 2.56 bits per heavy atom. The largest absolute Gasteiger partial charge is 0.444 e. The average molecular weight is 360 g/mol. The molecule has 0 atom stereocenters. The van der Waals surface area contributed by atoms with E-state index in [2.05, 4.69) is 20.9 Å². The molecular weight excluding hydrogens is 336 g/mol. The van der Waals surface area contributed by atoms with E-state index < -0.39 is 5.60 Å². The number of carbonyl (C=O) groups excluding carboxylic acids is 1. The Labute approximate surface area is 152 Å². The second kappa shape index (κ2) is 7.00. The van der Waals surface area contributed by atoms with Crippen LogP contribution in [0.2, 0.25) is 0 Å². The van der Waals surface area contributed by atoms with Crippen LogP contribution in [0.1, 0.15) is 26.5 Å². The molecule has 3 heterocycles. The van der Waals surface area contributed by atoms with Crippen LogP contribution in [0, 0.1) is 6.92 Å². The Morgan fingerprint density at radius 2 is 1.92 bits per heavy atom. The van der Waals surface area contributed by atoms with Crippen molar-refractivity contribution in [3.63, 3.8) is 0 Å². The normalized spacial score (nSPS) is 15.4. The first-order valence-electron chi connectivity index (χ1n) is 8.43. The molecule has 0 aromatic carbocycles. The maximum Gasteiger partial charge on any atom is 0.410 e. The van der Waals surface area contributed by atoms with E-state index in [4.69, 9.17) is 4.74 Å². The molecular formula is C18H24N4O2S. The topological polar surface area (TPSA) is 58.6 Å². The molecule has 1 aliphatic heterocycles. The van der Waals surface area contributed by atoms with Gasteiger partial charge < -0.3 is 14.5 Å². The lowest BCUT2D eigenvalue weighted by Crippen LogP contribution is -2.50. The highest BCUT2D eigenvalue weighted by Crippen LogP contribution is 2.31. The second-order valence-electron chi connectivity index (χ2n) is 7.15. The summed E-state index contributed by atoms with van der Waals surface area (Å²) in [6.07, 6.45) is 3.50. The van der Waals surface area contributed by atoms with Crippen molar-refractivity contribution < 1.29 is 9.53 Å². The number of aromatic nitrogens is 2. The van der Waals surface area contributed by atoms with Crippen molar-refractivity contribution in [1.29, 1.82) is 0 Å². The number of thiazole rings is 1. The number of piperazine rings is 1. The summed E-state index contributed by atoms with van der Waals surface area (Å²) in [7, 11) is 0. The first kappa shape index (κ1) is 17.7. The summed E-state index contributed by atoms with van der Waals surface area (Å²) in [4.78, 5) is 26.1. The van der Waals surface area contributed by atoms with Crippen LogP contribution in [-0.4, -0.2) is 52.7 Å². The number of hydrogen-bond donors (Lipinski definition) is 0. The van der Waals surface area contributed by atoms with Crippen molar-refractivity contribution in [1.82, 2.24) is 14.9 Å². The molecule has 0 radical (unpaired) electrons. The Morgan fingerprint density at radius 1 is 1.20 bits per heavy atom. The van der Waals surface area contributed by atoms with Gasteiger partial charge in [0.15, 0.2) is 5.13 Å². The molecule has 1 saturated heterocycles. The molecule has 134 valence electrons.